The zero-order chi connectivity index (χ0) is 40.3. The van der Waals surface area contributed by atoms with Gasteiger partial charge in [0.15, 0.2) is 17.5 Å². The normalized spacial score (nSPS) is 11.0. The van der Waals surface area contributed by atoms with Gasteiger partial charge in [0.2, 0.25) is 0 Å². The summed E-state index contributed by atoms with van der Waals surface area (Å²) in [7, 11) is 0. The van der Waals surface area contributed by atoms with Crippen molar-refractivity contribution in [3.63, 3.8) is 0 Å². The third kappa shape index (κ3) is 7.24. The Bertz CT molecular complexity index is 3030. The lowest BCUT2D eigenvalue weighted by Crippen LogP contribution is -2.00. The summed E-state index contributed by atoms with van der Waals surface area (Å²) in [5.74, 6) is 1.86. The number of benzene rings is 9. The molecule has 0 N–H and O–H groups in total. The van der Waals surface area contributed by atoms with Crippen molar-refractivity contribution >= 4 is 10.8 Å². The Balaban J connectivity index is 0.989. The van der Waals surface area contributed by atoms with Crippen LogP contribution in [0.15, 0.2) is 218 Å². The van der Waals surface area contributed by atoms with Crippen LogP contribution in [0.2, 0.25) is 0 Å². The van der Waals surface area contributed by atoms with E-state index < -0.39 is 0 Å². The monoisotopic (exact) mass is 764 g/mol. The molecule has 4 nitrogen and oxygen atoms in total. The maximum absolute atomic E-state index is 9.20. The maximum Gasteiger partial charge on any atom is 0.164 e. The van der Waals surface area contributed by atoms with E-state index in [0.717, 1.165) is 66.8 Å². The molecule has 60 heavy (non-hydrogen) atoms. The molecular weight excluding hydrogens is 729 g/mol. The van der Waals surface area contributed by atoms with Crippen molar-refractivity contribution < 1.29 is 0 Å². The van der Waals surface area contributed by atoms with Crippen molar-refractivity contribution in [2.75, 3.05) is 0 Å². The lowest BCUT2D eigenvalue weighted by molar-refractivity contribution is 1.07. The molecule has 0 radical (unpaired) electrons. The van der Waals surface area contributed by atoms with Crippen molar-refractivity contribution in [1.29, 1.82) is 5.26 Å². The van der Waals surface area contributed by atoms with Crippen molar-refractivity contribution in [2.24, 2.45) is 0 Å². The third-order valence-electron chi connectivity index (χ3n) is 11.1. The topological polar surface area (TPSA) is 62.5 Å². The fraction of sp³-hybridized carbons (Fsp3) is 0. The van der Waals surface area contributed by atoms with E-state index in [9.17, 15) is 5.26 Å². The van der Waals surface area contributed by atoms with E-state index in [4.69, 9.17) is 15.0 Å². The summed E-state index contributed by atoms with van der Waals surface area (Å²) < 4.78 is 0. The van der Waals surface area contributed by atoms with E-state index in [0.29, 0.717) is 23.0 Å². The Morgan fingerprint density at radius 3 is 0.850 bits per heavy atom. The fourth-order valence-corrected chi connectivity index (χ4v) is 7.83. The van der Waals surface area contributed by atoms with Gasteiger partial charge >= 0.3 is 0 Å². The second-order valence-corrected chi connectivity index (χ2v) is 14.7. The Hall–Kier alpha value is -8.26. The highest BCUT2D eigenvalue weighted by molar-refractivity contribution is 6.05. The van der Waals surface area contributed by atoms with E-state index in [2.05, 4.69) is 188 Å². The molecule has 0 bridgehead atoms. The Labute approximate surface area is 349 Å². The SMILES string of the molecule is N#Cc1ccc(-c2ccc(-c3ccc(-c4ccc(-c5nc(-c6ccc(-c7ccccc7)cc6)nc(-c6ccc(-c7ccccc7)cc6)n5)cc4)c4ccccc34)cc2)cc1. The van der Waals surface area contributed by atoms with Gasteiger partial charge in [-0.3, -0.25) is 0 Å². The number of nitriles is 1. The first-order valence-electron chi connectivity index (χ1n) is 20.0. The second-order valence-electron chi connectivity index (χ2n) is 14.7. The highest BCUT2D eigenvalue weighted by Crippen LogP contribution is 2.37. The Kier molecular flexibility index (Phi) is 9.59. The first-order valence-corrected chi connectivity index (χ1v) is 20.0. The van der Waals surface area contributed by atoms with Gasteiger partial charge in [-0.2, -0.15) is 5.26 Å². The van der Waals surface area contributed by atoms with Crippen LogP contribution in [0.4, 0.5) is 0 Å². The van der Waals surface area contributed by atoms with Crippen LogP contribution in [0.25, 0.3) is 101 Å². The molecule has 10 aromatic rings. The van der Waals surface area contributed by atoms with Crippen molar-refractivity contribution in [1.82, 2.24) is 15.0 Å². The Morgan fingerprint density at radius 2 is 0.517 bits per heavy atom. The van der Waals surface area contributed by atoms with E-state index in [-0.39, 0.29) is 0 Å². The number of fused-ring (bicyclic) bond motifs is 1. The molecule has 9 aromatic carbocycles. The first kappa shape index (κ1) is 36.1. The molecule has 0 saturated carbocycles. The minimum atomic E-state index is 0.616. The van der Waals surface area contributed by atoms with E-state index in [1.807, 2.05) is 36.4 Å². The number of hydrogen-bond donors (Lipinski definition) is 0. The predicted octanol–water partition coefficient (Wildman–Crippen LogP) is 14.2. The molecule has 1 aromatic heterocycles. The van der Waals surface area contributed by atoms with Crippen LogP contribution in [0.1, 0.15) is 5.56 Å². The summed E-state index contributed by atoms with van der Waals surface area (Å²) in [5.41, 5.74) is 14.8. The average Bonchev–Trinajstić information content (AvgIpc) is 3.34. The van der Waals surface area contributed by atoms with Crippen LogP contribution in [0, 0.1) is 11.3 Å². The largest absolute Gasteiger partial charge is 0.208 e. The van der Waals surface area contributed by atoms with E-state index in [1.165, 1.54) is 16.3 Å². The van der Waals surface area contributed by atoms with Crippen LogP contribution >= 0.6 is 0 Å². The smallest absolute Gasteiger partial charge is 0.164 e. The highest BCUT2D eigenvalue weighted by atomic mass is 15.0. The predicted molar refractivity (Wildman–Crippen MR) is 246 cm³/mol. The first-order chi connectivity index (χ1) is 29.7. The minimum absolute atomic E-state index is 0.616. The highest BCUT2D eigenvalue weighted by Gasteiger charge is 2.15. The molecule has 4 heteroatoms. The van der Waals surface area contributed by atoms with Crippen molar-refractivity contribution in [3.8, 4) is 95.9 Å². The maximum atomic E-state index is 9.20. The molecule has 0 atom stereocenters. The molecule has 0 unspecified atom stereocenters. The third-order valence-corrected chi connectivity index (χ3v) is 11.1. The van der Waals surface area contributed by atoms with Gasteiger partial charge in [0.1, 0.15) is 0 Å². The van der Waals surface area contributed by atoms with Gasteiger partial charge in [0, 0.05) is 16.7 Å². The molecule has 0 fully saturated rings. The van der Waals surface area contributed by atoms with Gasteiger partial charge in [-0.15, -0.1) is 0 Å². The molecule has 1 heterocycles. The molecule has 0 aliphatic carbocycles. The van der Waals surface area contributed by atoms with Crippen LogP contribution < -0.4 is 0 Å². The lowest BCUT2D eigenvalue weighted by atomic mass is 9.91. The number of nitrogens with zero attached hydrogens (tertiary/aromatic N) is 4. The average molecular weight is 765 g/mol. The van der Waals surface area contributed by atoms with Crippen LogP contribution in [-0.4, -0.2) is 15.0 Å². The standard InChI is InChI=1S/C56H36N4/c57-37-38-15-17-41(18-16-38)44-19-25-45(26-20-44)50-35-36-51(53-14-8-7-13-52(50)53)46-27-33-49(34-28-46)56-59-54(47-29-21-42(22-30-47)39-9-3-1-4-10-39)58-55(60-56)48-31-23-43(24-32-48)40-11-5-2-6-12-40/h1-36H. The van der Waals surface area contributed by atoms with Gasteiger partial charge in [0.05, 0.1) is 11.6 Å². The summed E-state index contributed by atoms with van der Waals surface area (Å²) in [6, 6.07) is 77.8. The van der Waals surface area contributed by atoms with Crippen LogP contribution in [-0.2, 0) is 0 Å². The summed E-state index contributed by atoms with van der Waals surface area (Å²) in [6.07, 6.45) is 0. The molecule has 0 amide bonds. The van der Waals surface area contributed by atoms with Crippen LogP contribution in [0.3, 0.4) is 0 Å². The number of hydrogen-bond acceptors (Lipinski definition) is 4. The molecule has 280 valence electrons. The minimum Gasteiger partial charge on any atom is -0.208 e. The number of aromatic nitrogens is 3. The summed E-state index contributed by atoms with van der Waals surface area (Å²) in [5, 5.41) is 11.6. The summed E-state index contributed by atoms with van der Waals surface area (Å²) in [4.78, 5) is 15.2. The summed E-state index contributed by atoms with van der Waals surface area (Å²) >= 11 is 0. The van der Waals surface area contributed by atoms with Gasteiger partial charge in [-0.05, 0) is 78.5 Å². The van der Waals surface area contributed by atoms with Gasteiger partial charge in [0.25, 0.3) is 0 Å². The van der Waals surface area contributed by atoms with E-state index in [1.54, 1.807) is 0 Å². The van der Waals surface area contributed by atoms with Gasteiger partial charge in [-0.25, -0.2) is 15.0 Å². The lowest BCUT2D eigenvalue weighted by Gasteiger charge is -2.13. The molecule has 0 aliphatic rings. The van der Waals surface area contributed by atoms with Crippen LogP contribution in [0.5, 0.6) is 0 Å². The molecule has 0 saturated heterocycles. The quantitative estimate of drug-likeness (QED) is 0.155. The molecule has 0 spiro atoms. The zero-order valence-electron chi connectivity index (χ0n) is 32.6. The fourth-order valence-electron chi connectivity index (χ4n) is 7.83. The van der Waals surface area contributed by atoms with Crippen molar-refractivity contribution in [2.45, 2.75) is 0 Å². The summed E-state index contributed by atoms with van der Waals surface area (Å²) in [6.45, 7) is 0. The second kappa shape index (κ2) is 15.9. The number of rotatable bonds is 8. The molecule has 0 aliphatic heterocycles. The van der Waals surface area contributed by atoms with Gasteiger partial charge < -0.3 is 0 Å². The Morgan fingerprint density at radius 1 is 0.250 bits per heavy atom. The zero-order valence-corrected chi connectivity index (χ0v) is 32.6. The van der Waals surface area contributed by atoms with Gasteiger partial charge in [-0.1, -0.05) is 206 Å². The van der Waals surface area contributed by atoms with E-state index >= 15 is 0 Å². The molecule has 10 rings (SSSR count). The van der Waals surface area contributed by atoms with Crippen molar-refractivity contribution in [3.05, 3.63) is 224 Å². The molecular formula is C56H36N4.